The van der Waals surface area contributed by atoms with Gasteiger partial charge in [-0.1, -0.05) is 96.0 Å². The topological polar surface area (TPSA) is 114 Å². The molecule has 8 nitrogen and oxygen atoms in total. The molecule has 0 spiro atoms. The molecule has 10 heteroatoms. The lowest BCUT2D eigenvalue weighted by atomic mass is 9.85. The van der Waals surface area contributed by atoms with Crippen LogP contribution < -0.4 is 10.2 Å². The number of non-ortho nitro benzene ring substituents is 1. The van der Waals surface area contributed by atoms with Gasteiger partial charge in [-0.2, -0.15) is 5.10 Å². The molecule has 0 heterocycles. The number of hydrogen-bond acceptors (Lipinski definition) is 6. The highest BCUT2D eigenvalue weighted by molar-refractivity contribution is 6.37. The molecular formula is C28H21Cl2N3O5. The summed E-state index contributed by atoms with van der Waals surface area (Å²) < 4.78 is 5.69. The van der Waals surface area contributed by atoms with Gasteiger partial charge in [-0.15, -0.1) is 0 Å². The summed E-state index contributed by atoms with van der Waals surface area (Å²) in [6, 6.07) is 26.2. The Hall–Kier alpha value is -4.24. The van der Waals surface area contributed by atoms with Gasteiger partial charge in [0, 0.05) is 12.1 Å². The number of amides is 1. The van der Waals surface area contributed by atoms with Crippen LogP contribution in [0.15, 0.2) is 102 Å². The van der Waals surface area contributed by atoms with Crippen LogP contribution in [0, 0.1) is 10.1 Å². The predicted molar refractivity (Wildman–Crippen MR) is 146 cm³/mol. The van der Waals surface area contributed by atoms with Crippen LogP contribution in [0.1, 0.15) is 22.3 Å². The second-order valence-electron chi connectivity index (χ2n) is 8.17. The maximum atomic E-state index is 13.1. The van der Waals surface area contributed by atoms with E-state index in [4.69, 9.17) is 27.9 Å². The Morgan fingerprint density at radius 2 is 1.53 bits per heavy atom. The van der Waals surface area contributed by atoms with Crippen molar-refractivity contribution in [1.82, 2.24) is 5.43 Å². The number of halogens is 2. The van der Waals surface area contributed by atoms with Crippen LogP contribution >= 0.6 is 23.2 Å². The normalized spacial score (nSPS) is 11.3. The number of carbonyl (C=O) groups is 1. The van der Waals surface area contributed by atoms with Crippen LogP contribution in [0.4, 0.5) is 5.69 Å². The third-order valence-corrected chi connectivity index (χ3v) is 6.18. The van der Waals surface area contributed by atoms with Crippen LogP contribution in [-0.4, -0.2) is 22.2 Å². The number of nitrogens with one attached hydrogen (secondary N) is 1. The van der Waals surface area contributed by atoms with Gasteiger partial charge in [0.05, 0.1) is 21.2 Å². The Morgan fingerprint density at radius 3 is 2.08 bits per heavy atom. The first kappa shape index (κ1) is 26.8. The smallest absolute Gasteiger partial charge is 0.281 e. The van der Waals surface area contributed by atoms with E-state index in [1.54, 1.807) is 72.8 Å². The minimum Gasteiger partial charge on any atom is -0.486 e. The molecule has 1 amide bonds. The van der Waals surface area contributed by atoms with Crippen molar-refractivity contribution in [2.24, 2.45) is 5.10 Å². The fourth-order valence-electron chi connectivity index (χ4n) is 3.74. The van der Waals surface area contributed by atoms with E-state index in [2.05, 4.69) is 10.5 Å². The van der Waals surface area contributed by atoms with Crippen molar-refractivity contribution in [2.75, 3.05) is 0 Å². The van der Waals surface area contributed by atoms with Gasteiger partial charge >= 0.3 is 0 Å². The van der Waals surface area contributed by atoms with Crippen LogP contribution in [-0.2, 0) is 17.0 Å². The minimum absolute atomic E-state index is 0.0160. The molecule has 0 radical (unpaired) electrons. The molecule has 0 bridgehead atoms. The maximum Gasteiger partial charge on any atom is 0.281 e. The van der Waals surface area contributed by atoms with Crippen molar-refractivity contribution < 1.29 is 19.6 Å². The van der Waals surface area contributed by atoms with Crippen molar-refractivity contribution in [3.63, 3.8) is 0 Å². The summed E-state index contributed by atoms with van der Waals surface area (Å²) in [5, 5.41) is 26.8. The fraction of sp³-hybridized carbons (Fsp3) is 0.0714. The molecule has 4 aromatic carbocycles. The third kappa shape index (κ3) is 6.00. The summed E-state index contributed by atoms with van der Waals surface area (Å²) in [6.45, 7) is 0.0160. The van der Waals surface area contributed by atoms with E-state index < -0.39 is 16.4 Å². The molecule has 0 aliphatic rings. The molecule has 0 aliphatic heterocycles. The summed E-state index contributed by atoms with van der Waals surface area (Å²) in [7, 11) is 0. The zero-order chi connectivity index (χ0) is 27.1. The number of ether oxygens (including phenoxy) is 1. The zero-order valence-electron chi connectivity index (χ0n) is 19.8. The number of benzene rings is 4. The van der Waals surface area contributed by atoms with Crippen LogP contribution in [0.25, 0.3) is 0 Å². The molecule has 0 fully saturated rings. The average molecular weight is 550 g/mol. The highest BCUT2D eigenvalue weighted by atomic mass is 35.5. The summed E-state index contributed by atoms with van der Waals surface area (Å²) >= 11 is 12.7. The van der Waals surface area contributed by atoms with E-state index >= 15 is 0 Å². The monoisotopic (exact) mass is 549 g/mol. The molecule has 38 heavy (non-hydrogen) atoms. The van der Waals surface area contributed by atoms with E-state index in [1.807, 2.05) is 0 Å². The molecule has 0 saturated carbocycles. The van der Waals surface area contributed by atoms with E-state index in [0.29, 0.717) is 22.3 Å². The van der Waals surface area contributed by atoms with Crippen LogP contribution in [0.5, 0.6) is 5.75 Å². The van der Waals surface area contributed by atoms with Crippen LogP contribution in [0.2, 0.25) is 10.0 Å². The van der Waals surface area contributed by atoms with Gasteiger partial charge in [0.25, 0.3) is 11.6 Å². The molecule has 0 aromatic heterocycles. The standard InChI is InChI=1S/C28H21Cl2N3O5/c29-24-15-20(16-25(30)26(24)38-18-19-8-7-13-23(14-19)33(36)37)17-31-32-27(34)28(35,21-9-3-1-4-10-21)22-11-5-2-6-12-22/h1-17,35H,18H2,(H,32,34)/b31-17+. The largest absolute Gasteiger partial charge is 0.486 e. The predicted octanol–water partition coefficient (Wildman–Crippen LogP) is 5.87. The van der Waals surface area contributed by atoms with Gasteiger partial charge in [-0.05, 0) is 34.4 Å². The summed E-state index contributed by atoms with van der Waals surface area (Å²) in [5.41, 5.74) is 2.17. The second-order valence-corrected chi connectivity index (χ2v) is 8.99. The number of aliphatic hydroxyl groups is 1. The number of hydrazone groups is 1. The van der Waals surface area contributed by atoms with Gasteiger partial charge < -0.3 is 9.84 Å². The lowest BCUT2D eigenvalue weighted by molar-refractivity contribution is -0.384. The lowest BCUT2D eigenvalue weighted by Gasteiger charge is -2.27. The summed E-state index contributed by atoms with van der Waals surface area (Å²) in [4.78, 5) is 23.6. The van der Waals surface area contributed by atoms with E-state index in [0.717, 1.165) is 0 Å². The third-order valence-electron chi connectivity index (χ3n) is 5.62. The van der Waals surface area contributed by atoms with Gasteiger partial charge in [-0.25, -0.2) is 5.43 Å². The number of nitro groups is 1. The molecule has 4 rings (SSSR count). The van der Waals surface area contributed by atoms with Crippen molar-refractivity contribution in [3.05, 3.63) is 139 Å². The van der Waals surface area contributed by atoms with Crippen molar-refractivity contribution in [3.8, 4) is 5.75 Å². The van der Waals surface area contributed by atoms with Crippen LogP contribution in [0.3, 0.4) is 0 Å². The Balaban J connectivity index is 1.48. The summed E-state index contributed by atoms with van der Waals surface area (Å²) in [5.74, 6) is -0.552. The number of carbonyl (C=O) groups excluding carboxylic acids is 1. The minimum atomic E-state index is -1.97. The average Bonchev–Trinajstić information content (AvgIpc) is 2.93. The number of nitrogens with zero attached hydrogens (tertiary/aromatic N) is 2. The van der Waals surface area contributed by atoms with Gasteiger partial charge in [0.1, 0.15) is 6.61 Å². The first-order valence-electron chi connectivity index (χ1n) is 11.3. The van der Waals surface area contributed by atoms with Crippen molar-refractivity contribution in [1.29, 1.82) is 0 Å². The van der Waals surface area contributed by atoms with Crippen molar-refractivity contribution >= 4 is 41.0 Å². The fourth-order valence-corrected chi connectivity index (χ4v) is 4.35. The van der Waals surface area contributed by atoms with E-state index in [9.17, 15) is 20.0 Å². The SMILES string of the molecule is O=C(N/N=C/c1cc(Cl)c(OCc2cccc([N+](=O)[O-])c2)c(Cl)c1)C(O)(c1ccccc1)c1ccccc1. The Morgan fingerprint density at radius 1 is 0.947 bits per heavy atom. The molecule has 192 valence electrons. The number of nitro benzene ring substituents is 1. The Labute approximate surface area is 228 Å². The second kappa shape index (κ2) is 11.9. The van der Waals surface area contributed by atoms with Gasteiger partial charge in [0.15, 0.2) is 11.4 Å². The maximum absolute atomic E-state index is 13.1. The Kier molecular flexibility index (Phi) is 8.38. The highest BCUT2D eigenvalue weighted by Crippen LogP contribution is 2.35. The summed E-state index contributed by atoms with van der Waals surface area (Å²) in [6.07, 6.45) is 1.33. The van der Waals surface area contributed by atoms with Crippen molar-refractivity contribution in [2.45, 2.75) is 12.2 Å². The van der Waals surface area contributed by atoms with Gasteiger partial charge in [0.2, 0.25) is 0 Å². The zero-order valence-corrected chi connectivity index (χ0v) is 21.3. The number of hydrogen-bond donors (Lipinski definition) is 2. The molecule has 2 N–H and O–H groups in total. The first-order chi connectivity index (χ1) is 18.3. The van der Waals surface area contributed by atoms with E-state index in [-0.39, 0.29) is 28.1 Å². The molecule has 0 aliphatic carbocycles. The molecule has 4 aromatic rings. The molecule has 0 unspecified atom stereocenters. The number of rotatable bonds is 9. The molecule has 0 atom stereocenters. The van der Waals surface area contributed by atoms with E-state index in [1.165, 1.54) is 30.5 Å². The Bertz CT molecular complexity index is 1420. The molecule has 0 saturated heterocycles. The molecular weight excluding hydrogens is 529 g/mol. The quantitative estimate of drug-likeness (QED) is 0.154. The highest BCUT2D eigenvalue weighted by Gasteiger charge is 2.39. The van der Waals surface area contributed by atoms with Gasteiger partial charge in [-0.3, -0.25) is 14.9 Å². The lowest BCUT2D eigenvalue weighted by Crippen LogP contribution is -2.43. The first-order valence-corrected chi connectivity index (χ1v) is 12.1.